The molecular formula is C21H26N2O6S. The number of carbonyl (C=O) groups excluding carboxylic acids is 1. The number of rotatable bonds is 6. The van der Waals surface area contributed by atoms with Crippen molar-refractivity contribution in [2.24, 2.45) is 0 Å². The van der Waals surface area contributed by atoms with Gasteiger partial charge in [0.2, 0.25) is 15.9 Å². The fourth-order valence-corrected chi connectivity index (χ4v) is 5.40. The molecule has 0 aromatic heterocycles. The van der Waals surface area contributed by atoms with E-state index >= 15 is 0 Å². The van der Waals surface area contributed by atoms with Crippen LogP contribution in [-0.4, -0.2) is 46.9 Å². The quantitative estimate of drug-likeness (QED) is 0.751. The number of benzene rings is 2. The smallest absolute Gasteiger partial charge is 0.249 e. The predicted molar refractivity (Wildman–Crippen MR) is 115 cm³/mol. The van der Waals surface area contributed by atoms with Crippen LogP contribution in [0.3, 0.4) is 0 Å². The van der Waals surface area contributed by atoms with Crippen molar-refractivity contribution in [3.8, 4) is 17.2 Å². The van der Waals surface area contributed by atoms with Crippen molar-refractivity contribution in [2.45, 2.75) is 24.5 Å². The Bertz CT molecular complexity index is 1020. The molecule has 1 atom stereocenters. The minimum absolute atomic E-state index is 0.215. The zero-order chi connectivity index (χ0) is 21.9. The van der Waals surface area contributed by atoms with Gasteiger partial charge in [0.15, 0.2) is 4.75 Å². The Morgan fingerprint density at radius 2 is 1.63 bits per heavy atom. The van der Waals surface area contributed by atoms with Gasteiger partial charge in [-0.1, -0.05) is 0 Å². The van der Waals surface area contributed by atoms with Crippen LogP contribution in [-0.2, 0) is 14.8 Å². The number of ether oxygens (including phenoxy) is 3. The van der Waals surface area contributed by atoms with E-state index in [1.165, 1.54) is 25.4 Å². The molecule has 0 unspecified atom stereocenters. The first kappa shape index (κ1) is 21.8. The van der Waals surface area contributed by atoms with E-state index in [0.29, 0.717) is 41.6 Å². The van der Waals surface area contributed by atoms with Crippen LogP contribution in [0.1, 0.15) is 19.8 Å². The second-order valence-electron chi connectivity index (χ2n) is 7.13. The van der Waals surface area contributed by atoms with Crippen LogP contribution >= 0.6 is 0 Å². The number of hydrogen-bond donors (Lipinski definition) is 1. The van der Waals surface area contributed by atoms with Gasteiger partial charge in [-0.15, -0.1) is 0 Å². The lowest BCUT2D eigenvalue weighted by molar-refractivity contribution is -0.118. The van der Waals surface area contributed by atoms with Crippen LogP contribution in [0.25, 0.3) is 0 Å². The number of anilines is 2. The molecule has 0 spiro atoms. The average molecular weight is 435 g/mol. The second kappa shape index (κ2) is 8.43. The summed E-state index contributed by atoms with van der Waals surface area (Å²) in [5.74, 6) is 0.961. The Kier molecular flexibility index (Phi) is 6.12. The molecule has 162 valence electrons. The zero-order valence-corrected chi connectivity index (χ0v) is 18.3. The fourth-order valence-electron chi connectivity index (χ4n) is 3.46. The van der Waals surface area contributed by atoms with Crippen LogP contribution in [0.15, 0.2) is 42.5 Å². The van der Waals surface area contributed by atoms with Gasteiger partial charge in [0.1, 0.15) is 17.2 Å². The summed E-state index contributed by atoms with van der Waals surface area (Å²) in [5.41, 5.74) is 0.873. The summed E-state index contributed by atoms with van der Waals surface area (Å²) >= 11 is 0. The Hall–Kier alpha value is -2.94. The molecule has 1 N–H and O–H groups in total. The molecule has 1 amide bonds. The molecule has 9 heteroatoms. The maximum atomic E-state index is 13.5. The Balaban J connectivity index is 1.91. The summed E-state index contributed by atoms with van der Waals surface area (Å²) in [6, 6.07) is 11.6. The molecule has 30 heavy (non-hydrogen) atoms. The minimum atomic E-state index is -3.97. The number of carbonyl (C=O) groups is 1. The van der Waals surface area contributed by atoms with Gasteiger partial charge in [-0.05, 0) is 56.2 Å². The second-order valence-corrected chi connectivity index (χ2v) is 9.42. The van der Waals surface area contributed by atoms with E-state index in [2.05, 4.69) is 5.32 Å². The predicted octanol–water partition coefficient (Wildman–Crippen LogP) is 3.04. The number of nitrogens with zero attached hydrogens (tertiary/aromatic N) is 1. The highest BCUT2D eigenvalue weighted by Crippen LogP contribution is 2.38. The summed E-state index contributed by atoms with van der Waals surface area (Å²) in [6.07, 6.45) is 0.765. The molecule has 3 rings (SSSR count). The number of hydrogen-bond acceptors (Lipinski definition) is 6. The normalized spacial score (nSPS) is 20.3. The van der Waals surface area contributed by atoms with Crippen molar-refractivity contribution < 1.29 is 27.4 Å². The molecule has 1 fully saturated rings. The molecule has 1 saturated heterocycles. The largest absolute Gasteiger partial charge is 0.497 e. The maximum absolute atomic E-state index is 13.5. The molecule has 2 aromatic carbocycles. The van der Waals surface area contributed by atoms with E-state index in [9.17, 15) is 13.2 Å². The number of sulfonamides is 1. The third kappa shape index (κ3) is 3.77. The Morgan fingerprint density at radius 1 is 1.00 bits per heavy atom. The lowest BCUT2D eigenvalue weighted by Crippen LogP contribution is -2.57. The van der Waals surface area contributed by atoms with Crippen molar-refractivity contribution in [3.63, 3.8) is 0 Å². The molecule has 0 aliphatic carbocycles. The first-order valence-electron chi connectivity index (χ1n) is 9.46. The first-order chi connectivity index (χ1) is 14.3. The van der Waals surface area contributed by atoms with Crippen LogP contribution in [0.2, 0.25) is 0 Å². The highest BCUT2D eigenvalue weighted by atomic mass is 32.2. The van der Waals surface area contributed by atoms with Crippen molar-refractivity contribution in [1.82, 2.24) is 0 Å². The van der Waals surface area contributed by atoms with E-state index in [1.807, 2.05) is 0 Å². The molecule has 0 radical (unpaired) electrons. The Labute approximate surface area is 176 Å². The number of amides is 1. The molecule has 1 aliphatic heterocycles. The van der Waals surface area contributed by atoms with Gasteiger partial charge in [-0.25, -0.2) is 8.42 Å². The molecule has 0 bridgehead atoms. The lowest BCUT2D eigenvalue weighted by atomic mass is 10.0. The highest BCUT2D eigenvalue weighted by Gasteiger charge is 2.52. The molecule has 8 nitrogen and oxygen atoms in total. The van der Waals surface area contributed by atoms with E-state index in [4.69, 9.17) is 14.2 Å². The van der Waals surface area contributed by atoms with Gasteiger partial charge in [-0.2, -0.15) is 0 Å². The third-order valence-corrected chi connectivity index (χ3v) is 7.87. The zero-order valence-electron chi connectivity index (χ0n) is 17.5. The van der Waals surface area contributed by atoms with Gasteiger partial charge in [0.05, 0.1) is 32.7 Å². The average Bonchev–Trinajstić information content (AvgIpc) is 2.75. The van der Waals surface area contributed by atoms with Crippen molar-refractivity contribution in [2.75, 3.05) is 37.5 Å². The van der Waals surface area contributed by atoms with Crippen molar-refractivity contribution in [3.05, 3.63) is 42.5 Å². The fraction of sp³-hybridized carbons (Fsp3) is 0.381. The van der Waals surface area contributed by atoms with E-state index in [-0.39, 0.29) is 6.42 Å². The summed E-state index contributed by atoms with van der Waals surface area (Å²) in [7, 11) is 0.561. The van der Waals surface area contributed by atoms with Crippen molar-refractivity contribution >= 4 is 27.3 Å². The minimum Gasteiger partial charge on any atom is -0.497 e. The maximum Gasteiger partial charge on any atom is 0.249 e. The number of methoxy groups -OCH3 is 3. The van der Waals surface area contributed by atoms with Gasteiger partial charge in [-0.3, -0.25) is 9.10 Å². The van der Waals surface area contributed by atoms with Crippen molar-refractivity contribution in [1.29, 1.82) is 0 Å². The van der Waals surface area contributed by atoms with Gasteiger partial charge < -0.3 is 19.5 Å². The summed E-state index contributed by atoms with van der Waals surface area (Å²) in [4.78, 5) is 13.2. The van der Waals surface area contributed by atoms with E-state index in [0.717, 1.165) is 0 Å². The van der Waals surface area contributed by atoms with Crippen LogP contribution in [0.4, 0.5) is 11.4 Å². The van der Waals surface area contributed by atoms with E-state index < -0.39 is 20.7 Å². The summed E-state index contributed by atoms with van der Waals surface area (Å²) in [5, 5.41) is 2.72. The number of nitrogens with one attached hydrogen (secondary N) is 1. The molecule has 0 saturated carbocycles. The van der Waals surface area contributed by atoms with Crippen LogP contribution in [0.5, 0.6) is 17.2 Å². The lowest BCUT2D eigenvalue weighted by Gasteiger charge is -2.39. The Morgan fingerprint density at radius 3 is 2.23 bits per heavy atom. The SMILES string of the molecule is COc1ccc(N2CCC[C@@](C)(C(=O)Nc3ccc(OC)cc3OC)S2(=O)=O)cc1. The standard InChI is InChI=1S/C21H26N2O6S/c1-21(20(24)22-18-11-10-17(28-3)14-19(18)29-4)12-5-13-23(30(21,25)26)15-6-8-16(27-2)9-7-15/h6-11,14H,5,12-13H2,1-4H3,(H,22,24)/t21-/m0/s1. The molecule has 1 aliphatic rings. The monoisotopic (exact) mass is 434 g/mol. The molecule has 1 heterocycles. The first-order valence-corrected chi connectivity index (χ1v) is 10.9. The van der Waals surface area contributed by atoms with Gasteiger partial charge >= 0.3 is 0 Å². The van der Waals surface area contributed by atoms with Crippen LogP contribution < -0.4 is 23.8 Å². The summed E-state index contributed by atoms with van der Waals surface area (Å²) < 4.78 is 42.2. The van der Waals surface area contributed by atoms with Gasteiger partial charge in [0, 0.05) is 12.6 Å². The van der Waals surface area contributed by atoms with Gasteiger partial charge in [0.25, 0.3) is 0 Å². The molecule has 2 aromatic rings. The highest BCUT2D eigenvalue weighted by molar-refractivity contribution is 7.95. The summed E-state index contributed by atoms with van der Waals surface area (Å²) in [6.45, 7) is 1.77. The topological polar surface area (TPSA) is 94.2 Å². The molecular weight excluding hydrogens is 408 g/mol. The third-order valence-electron chi connectivity index (χ3n) is 5.37. The van der Waals surface area contributed by atoms with Crippen LogP contribution in [0, 0.1) is 0 Å². The van der Waals surface area contributed by atoms with E-state index in [1.54, 1.807) is 49.6 Å².